The molecule has 0 fully saturated rings. The standard InChI is InChI=1S/C34H54N7O10P/c1-22(2)17-26(38-29(43)16-12-7-5-4-6-9-13-24-14-10-8-11-15-24)32(45)39-27(18-25-19-36-21-37-25)33(46)40-28(20-42)34(47)41-30(31(35)44)23(3)51-52(48,49)50/h8,10-11,14-15,19,21-23,26-28,30,42H,4-7,9,12-13,16-18,20H2,1-3H3,(H2,35,44)(H,36,37)(H,38,43)(H,39,45)(H,40,46)(H,41,47)(H2,48,49,50)/t23-,26+,27+,28+,30+/m1/s1. The molecule has 0 bridgehead atoms. The van der Waals surface area contributed by atoms with Gasteiger partial charge in [0.1, 0.15) is 24.2 Å². The Kier molecular flexibility index (Phi) is 19.2. The van der Waals surface area contributed by atoms with Crippen molar-refractivity contribution < 1.29 is 48.0 Å². The van der Waals surface area contributed by atoms with Gasteiger partial charge in [0.2, 0.25) is 29.5 Å². The number of imidazole rings is 1. The first-order valence-corrected chi connectivity index (χ1v) is 19.0. The van der Waals surface area contributed by atoms with E-state index >= 15 is 0 Å². The third-order valence-electron chi connectivity index (χ3n) is 8.13. The van der Waals surface area contributed by atoms with Gasteiger partial charge in [-0.05, 0) is 44.1 Å². The highest BCUT2D eigenvalue weighted by molar-refractivity contribution is 7.46. The molecule has 2 aromatic rings. The Bertz CT molecular complexity index is 1460. The Balaban J connectivity index is 2.00. The summed E-state index contributed by atoms with van der Waals surface area (Å²) in [5.41, 5.74) is 7.05. The van der Waals surface area contributed by atoms with Gasteiger partial charge in [0.05, 0.1) is 19.0 Å². The average molecular weight is 752 g/mol. The molecule has 0 saturated carbocycles. The van der Waals surface area contributed by atoms with Crippen LogP contribution in [0.25, 0.3) is 0 Å². The molecule has 52 heavy (non-hydrogen) atoms. The van der Waals surface area contributed by atoms with Crippen LogP contribution in [-0.2, 0) is 45.9 Å². The molecular weight excluding hydrogens is 697 g/mol. The molecule has 1 heterocycles. The van der Waals surface area contributed by atoms with Crippen LogP contribution in [0.1, 0.15) is 83.4 Å². The Hall–Kier alpha value is -4.15. The van der Waals surface area contributed by atoms with Crippen LogP contribution in [0.5, 0.6) is 0 Å². The maximum atomic E-state index is 13.5. The van der Waals surface area contributed by atoms with Crippen molar-refractivity contribution in [2.75, 3.05) is 6.61 Å². The molecule has 17 nitrogen and oxygen atoms in total. The average Bonchev–Trinajstić information content (AvgIpc) is 3.59. The van der Waals surface area contributed by atoms with Crippen LogP contribution in [-0.4, -0.2) is 91.3 Å². The number of H-pyrrole nitrogens is 1. The molecule has 2 rings (SSSR count). The lowest BCUT2D eigenvalue weighted by atomic mass is 10.0. The van der Waals surface area contributed by atoms with Crippen LogP contribution < -0.4 is 27.0 Å². The molecule has 1 aromatic carbocycles. The summed E-state index contributed by atoms with van der Waals surface area (Å²) in [5.74, 6) is -4.14. The number of rotatable bonds is 25. The number of aryl methyl sites for hydroxylation is 1. The maximum absolute atomic E-state index is 13.5. The Morgan fingerprint density at radius 3 is 2.02 bits per heavy atom. The third-order valence-corrected chi connectivity index (χ3v) is 8.73. The van der Waals surface area contributed by atoms with Crippen LogP contribution in [0.4, 0.5) is 0 Å². The lowest BCUT2D eigenvalue weighted by Crippen LogP contribution is -2.60. The molecule has 0 aliphatic carbocycles. The van der Waals surface area contributed by atoms with Crippen molar-refractivity contribution in [2.45, 2.75) is 115 Å². The number of nitrogens with zero attached hydrogens (tertiary/aromatic N) is 1. The van der Waals surface area contributed by atoms with Gasteiger partial charge in [0, 0.05) is 24.7 Å². The molecule has 10 N–H and O–H groups in total. The number of hydrogen-bond donors (Lipinski definition) is 9. The molecule has 0 radical (unpaired) electrons. The highest BCUT2D eigenvalue weighted by Crippen LogP contribution is 2.38. The van der Waals surface area contributed by atoms with E-state index in [1.807, 2.05) is 32.0 Å². The van der Waals surface area contributed by atoms with Crippen molar-refractivity contribution in [3.05, 3.63) is 54.1 Å². The van der Waals surface area contributed by atoms with Crippen molar-refractivity contribution in [1.29, 1.82) is 0 Å². The van der Waals surface area contributed by atoms with E-state index in [0.717, 1.165) is 45.4 Å². The molecule has 0 saturated heterocycles. The summed E-state index contributed by atoms with van der Waals surface area (Å²) in [5, 5.41) is 19.8. The summed E-state index contributed by atoms with van der Waals surface area (Å²) in [6.07, 6.45) is 8.50. The van der Waals surface area contributed by atoms with E-state index in [-0.39, 0.29) is 31.1 Å². The monoisotopic (exact) mass is 751 g/mol. The number of aliphatic hydroxyl groups excluding tert-OH is 1. The Morgan fingerprint density at radius 2 is 1.44 bits per heavy atom. The number of aromatic amines is 1. The number of hydrogen-bond acceptors (Lipinski definition) is 9. The van der Waals surface area contributed by atoms with E-state index in [0.29, 0.717) is 12.1 Å². The minimum Gasteiger partial charge on any atom is -0.394 e. The summed E-state index contributed by atoms with van der Waals surface area (Å²) in [4.78, 5) is 89.7. The molecular formula is C34H54N7O10P. The molecule has 5 atom stereocenters. The lowest BCUT2D eigenvalue weighted by molar-refractivity contribution is -0.135. The largest absolute Gasteiger partial charge is 0.469 e. The number of carbonyl (C=O) groups is 5. The van der Waals surface area contributed by atoms with Gasteiger partial charge >= 0.3 is 7.82 Å². The maximum Gasteiger partial charge on any atom is 0.469 e. The molecule has 290 valence electrons. The van der Waals surface area contributed by atoms with E-state index in [1.54, 1.807) is 0 Å². The second kappa shape index (κ2) is 22.7. The van der Waals surface area contributed by atoms with Gasteiger partial charge in [-0.25, -0.2) is 9.55 Å². The number of primary amides is 1. The zero-order valence-corrected chi connectivity index (χ0v) is 30.8. The molecule has 0 spiro atoms. The number of amides is 5. The number of phosphoric acid groups is 1. The van der Waals surface area contributed by atoms with Crippen LogP contribution >= 0.6 is 7.82 Å². The van der Waals surface area contributed by atoms with Gasteiger partial charge in [-0.1, -0.05) is 69.9 Å². The Morgan fingerprint density at radius 1 is 0.846 bits per heavy atom. The van der Waals surface area contributed by atoms with Gasteiger partial charge < -0.3 is 46.9 Å². The predicted octanol–water partition coefficient (Wildman–Crippen LogP) is 0.886. The molecule has 5 amide bonds. The molecule has 0 unspecified atom stereocenters. The van der Waals surface area contributed by atoms with Crippen molar-refractivity contribution >= 4 is 37.4 Å². The van der Waals surface area contributed by atoms with Gasteiger partial charge in [0.15, 0.2) is 0 Å². The van der Waals surface area contributed by atoms with Crippen LogP contribution in [0, 0.1) is 5.92 Å². The number of nitrogens with two attached hydrogens (primary N) is 1. The van der Waals surface area contributed by atoms with Gasteiger partial charge in [0.25, 0.3) is 0 Å². The van der Waals surface area contributed by atoms with Crippen LogP contribution in [0.2, 0.25) is 0 Å². The number of nitrogens with one attached hydrogen (secondary N) is 5. The van der Waals surface area contributed by atoms with Gasteiger partial charge in [-0.15, -0.1) is 0 Å². The zero-order valence-electron chi connectivity index (χ0n) is 30.0. The van der Waals surface area contributed by atoms with Crippen LogP contribution in [0.3, 0.4) is 0 Å². The third kappa shape index (κ3) is 17.4. The van der Waals surface area contributed by atoms with Crippen molar-refractivity contribution in [3.8, 4) is 0 Å². The first-order chi connectivity index (χ1) is 24.6. The van der Waals surface area contributed by atoms with E-state index < -0.39 is 68.3 Å². The number of aliphatic hydroxyl groups is 1. The summed E-state index contributed by atoms with van der Waals surface area (Å²) in [6.45, 7) is 3.89. The van der Waals surface area contributed by atoms with E-state index in [2.05, 4.69) is 47.9 Å². The van der Waals surface area contributed by atoms with E-state index in [4.69, 9.17) is 15.5 Å². The highest BCUT2D eigenvalue weighted by atomic mass is 31.2. The first-order valence-electron chi connectivity index (χ1n) is 17.4. The number of phosphoric ester groups is 1. The molecule has 0 aliphatic heterocycles. The SMILES string of the molecule is CC(C)C[C@H](NC(=O)CCCCCCCCc1ccccc1)C(=O)N[C@@H](Cc1cnc[nH]1)C(=O)N[C@@H](CO)C(=O)N[C@H](C(N)=O)[C@@H](C)OP(=O)(O)O. The second-order valence-electron chi connectivity index (χ2n) is 13.1. The number of aromatic nitrogens is 2. The lowest BCUT2D eigenvalue weighted by Gasteiger charge is -2.27. The fourth-order valence-corrected chi connectivity index (χ4v) is 6.01. The Labute approximate surface area is 303 Å². The minimum absolute atomic E-state index is 0.00410. The fraction of sp³-hybridized carbons (Fsp3) is 0.588. The number of benzene rings is 1. The minimum atomic E-state index is -5.07. The molecule has 0 aliphatic rings. The van der Waals surface area contributed by atoms with Gasteiger partial charge in [-0.2, -0.15) is 0 Å². The quantitative estimate of drug-likeness (QED) is 0.0508. The van der Waals surface area contributed by atoms with Gasteiger partial charge in [-0.3, -0.25) is 28.5 Å². The molecule has 18 heteroatoms. The van der Waals surface area contributed by atoms with Crippen molar-refractivity contribution in [1.82, 2.24) is 31.2 Å². The normalized spacial score (nSPS) is 14.4. The zero-order chi connectivity index (χ0) is 38.7. The summed E-state index contributed by atoms with van der Waals surface area (Å²) < 4.78 is 15.7. The smallest absolute Gasteiger partial charge is 0.394 e. The van der Waals surface area contributed by atoms with E-state index in [9.17, 15) is 33.6 Å². The second-order valence-corrected chi connectivity index (χ2v) is 14.3. The summed E-state index contributed by atoms with van der Waals surface area (Å²) >= 11 is 0. The summed E-state index contributed by atoms with van der Waals surface area (Å²) in [7, 11) is -5.07. The fourth-order valence-electron chi connectivity index (χ4n) is 5.45. The van der Waals surface area contributed by atoms with E-state index in [1.165, 1.54) is 18.1 Å². The van der Waals surface area contributed by atoms with Crippen LogP contribution in [0.15, 0.2) is 42.9 Å². The van der Waals surface area contributed by atoms with Crippen molar-refractivity contribution in [3.63, 3.8) is 0 Å². The number of carbonyl (C=O) groups excluding carboxylic acids is 5. The van der Waals surface area contributed by atoms with Crippen molar-refractivity contribution in [2.24, 2.45) is 11.7 Å². The first kappa shape index (κ1) is 44.0. The predicted molar refractivity (Wildman–Crippen MR) is 191 cm³/mol. The number of unbranched alkanes of at least 4 members (excludes halogenated alkanes) is 5. The highest BCUT2D eigenvalue weighted by Gasteiger charge is 2.35. The molecule has 1 aromatic heterocycles. The topological polar surface area (TPSA) is 275 Å². The summed E-state index contributed by atoms with van der Waals surface area (Å²) in [6, 6.07) is 4.64.